The van der Waals surface area contributed by atoms with E-state index in [-0.39, 0.29) is 6.04 Å². The van der Waals surface area contributed by atoms with Gasteiger partial charge in [0.25, 0.3) is 0 Å². The maximum absolute atomic E-state index is 6.15. The number of fused-ring (bicyclic) bond motifs is 1. The third kappa shape index (κ3) is 5.37. The van der Waals surface area contributed by atoms with E-state index in [2.05, 4.69) is 95.6 Å². The van der Waals surface area contributed by atoms with E-state index < -0.39 is 0 Å². The number of nitrogens with one attached hydrogen (secondary N) is 2. The molecule has 38 heavy (non-hydrogen) atoms. The fourth-order valence-electron chi connectivity index (χ4n) is 5.13. The molecule has 0 spiro atoms. The molecule has 1 atom stereocenters. The summed E-state index contributed by atoms with van der Waals surface area (Å²) in [5.41, 5.74) is 4.89. The minimum absolute atomic E-state index is 0.187. The van der Waals surface area contributed by atoms with Gasteiger partial charge >= 0.3 is 0 Å². The summed E-state index contributed by atoms with van der Waals surface area (Å²) in [5.74, 6) is 0.836. The Labute approximate surface area is 234 Å². The summed E-state index contributed by atoms with van der Waals surface area (Å²) in [6.45, 7) is 0. The van der Waals surface area contributed by atoms with Crippen molar-refractivity contribution in [2.24, 2.45) is 0 Å². The van der Waals surface area contributed by atoms with Gasteiger partial charge in [-0.3, -0.25) is 4.98 Å². The lowest BCUT2D eigenvalue weighted by Gasteiger charge is -2.26. The predicted molar refractivity (Wildman–Crippen MR) is 156 cm³/mol. The summed E-state index contributed by atoms with van der Waals surface area (Å²) in [7, 11) is 0. The summed E-state index contributed by atoms with van der Waals surface area (Å²) in [5, 5.41) is 21.9. The molecule has 2 heterocycles. The Bertz CT molecular complexity index is 1530. The van der Waals surface area contributed by atoms with Crippen LogP contribution in [-0.4, -0.2) is 25.2 Å². The molecular formula is C29H27BrClN7. The topological polar surface area (TPSA) is 80.5 Å². The average Bonchev–Trinajstić information content (AvgIpc) is 3.43. The van der Waals surface area contributed by atoms with Crippen LogP contribution >= 0.6 is 27.5 Å². The molecule has 192 valence electrons. The van der Waals surface area contributed by atoms with Crippen LogP contribution in [0.25, 0.3) is 10.9 Å². The summed E-state index contributed by atoms with van der Waals surface area (Å²) in [6.07, 6.45) is 7.73. The molecule has 0 radical (unpaired) electrons. The van der Waals surface area contributed by atoms with Crippen LogP contribution in [0.4, 0.5) is 17.1 Å². The van der Waals surface area contributed by atoms with E-state index in [4.69, 9.17) is 11.6 Å². The fourth-order valence-corrected chi connectivity index (χ4v) is 5.56. The Morgan fingerprint density at radius 2 is 1.66 bits per heavy atom. The van der Waals surface area contributed by atoms with Gasteiger partial charge in [0.05, 0.1) is 11.6 Å². The summed E-state index contributed by atoms with van der Waals surface area (Å²) in [4.78, 5) is 4.43. The molecule has 0 amide bonds. The highest BCUT2D eigenvalue weighted by molar-refractivity contribution is 9.10. The van der Waals surface area contributed by atoms with E-state index in [0.29, 0.717) is 11.1 Å². The van der Waals surface area contributed by atoms with Crippen molar-refractivity contribution in [1.29, 1.82) is 0 Å². The normalized spacial score (nSPS) is 14.9. The van der Waals surface area contributed by atoms with E-state index in [9.17, 15) is 0 Å². The molecule has 1 saturated carbocycles. The zero-order chi connectivity index (χ0) is 25.9. The molecule has 6 rings (SSSR count). The van der Waals surface area contributed by atoms with Crippen molar-refractivity contribution in [1.82, 2.24) is 25.2 Å². The van der Waals surface area contributed by atoms with Gasteiger partial charge in [-0.15, -0.1) is 5.10 Å². The molecule has 2 aromatic heterocycles. The fraction of sp³-hybridized carbons (Fsp3) is 0.241. The maximum atomic E-state index is 6.15. The van der Waals surface area contributed by atoms with Crippen LogP contribution < -0.4 is 10.6 Å². The Hall–Kier alpha value is -3.49. The van der Waals surface area contributed by atoms with E-state index in [1.165, 1.54) is 19.3 Å². The number of rotatable bonds is 7. The van der Waals surface area contributed by atoms with E-state index >= 15 is 0 Å². The van der Waals surface area contributed by atoms with Crippen LogP contribution in [0.2, 0.25) is 5.02 Å². The minimum atomic E-state index is -0.187. The first-order valence-corrected chi connectivity index (χ1v) is 14.0. The molecule has 1 fully saturated rings. The van der Waals surface area contributed by atoms with Crippen molar-refractivity contribution in [2.75, 3.05) is 10.6 Å². The minimum Gasteiger partial charge on any atom is -0.371 e. The number of hydrogen-bond acceptors (Lipinski definition) is 6. The average molecular weight is 589 g/mol. The number of nitrogens with zero attached hydrogens (tertiary/aromatic N) is 5. The van der Waals surface area contributed by atoms with Crippen LogP contribution in [0.1, 0.15) is 55.6 Å². The molecule has 0 aliphatic heterocycles. The second-order valence-corrected chi connectivity index (χ2v) is 11.0. The van der Waals surface area contributed by atoms with Crippen molar-refractivity contribution in [3.05, 3.63) is 99.9 Å². The molecule has 9 heteroatoms. The second kappa shape index (κ2) is 11.1. The zero-order valence-corrected chi connectivity index (χ0v) is 23.0. The van der Waals surface area contributed by atoms with E-state index in [1.807, 2.05) is 28.9 Å². The lowest BCUT2D eigenvalue weighted by atomic mass is 9.95. The highest BCUT2D eigenvalue weighted by Crippen LogP contribution is 2.33. The van der Waals surface area contributed by atoms with Crippen molar-refractivity contribution in [2.45, 2.75) is 44.2 Å². The van der Waals surface area contributed by atoms with Gasteiger partial charge < -0.3 is 10.6 Å². The molecule has 1 aliphatic rings. The molecule has 7 nitrogen and oxygen atoms in total. The summed E-state index contributed by atoms with van der Waals surface area (Å²) in [6, 6.07) is 24.5. The number of pyridine rings is 1. The molecule has 1 unspecified atom stereocenters. The molecule has 1 aliphatic carbocycles. The first kappa shape index (κ1) is 24.8. The predicted octanol–water partition coefficient (Wildman–Crippen LogP) is 8.09. The molecule has 2 N–H and O–H groups in total. The van der Waals surface area contributed by atoms with Gasteiger partial charge in [-0.25, -0.2) is 4.68 Å². The highest BCUT2D eigenvalue weighted by Gasteiger charge is 2.26. The summed E-state index contributed by atoms with van der Waals surface area (Å²) < 4.78 is 3.07. The Morgan fingerprint density at radius 1 is 0.895 bits per heavy atom. The van der Waals surface area contributed by atoms with E-state index in [1.54, 1.807) is 6.20 Å². The zero-order valence-electron chi connectivity index (χ0n) is 20.7. The lowest BCUT2D eigenvalue weighted by Crippen LogP contribution is -2.23. The quantitative estimate of drug-likeness (QED) is 0.200. The number of hydrogen-bond donors (Lipinski definition) is 2. The van der Waals surface area contributed by atoms with E-state index in [0.717, 1.165) is 56.7 Å². The largest absolute Gasteiger partial charge is 0.371 e. The lowest BCUT2D eigenvalue weighted by molar-refractivity contribution is 0.315. The standard InChI is InChI=1S/C29H27BrClN7/c30-20-8-6-19(7-9-20)28(29-35-36-37-38(29)24-4-2-1-3-5-24)34-23-13-11-22(12-14-23)33-26-16-17-32-27-18-21(31)10-15-25(26)27/h6-18,24,28,34H,1-5H2,(H,32,33). The molecule has 5 aromatic rings. The van der Waals surface area contributed by atoms with Crippen LogP contribution in [0.15, 0.2) is 83.5 Å². The van der Waals surface area contributed by atoms with Gasteiger partial charge in [0.15, 0.2) is 5.82 Å². The van der Waals surface area contributed by atoms with Gasteiger partial charge in [0.1, 0.15) is 6.04 Å². The number of halogens is 2. The molecule has 0 bridgehead atoms. The second-order valence-electron chi connectivity index (χ2n) is 9.62. The Balaban J connectivity index is 1.27. The first-order chi connectivity index (χ1) is 18.6. The van der Waals surface area contributed by atoms with Gasteiger partial charge in [-0.1, -0.05) is 58.9 Å². The summed E-state index contributed by atoms with van der Waals surface area (Å²) >= 11 is 9.71. The third-order valence-electron chi connectivity index (χ3n) is 7.08. The smallest absolute Gasteiger partial charge is 0.178 e. The van der Waals surface area contributed by atoms with Gasteiger partial charge in [-0.2, -0.15) is 0 Å². The van der Waals surface area contributed by atoms with Gasteiger partial charge in [0.2, 0.25) is 0 Å². The van der Waals surface area contributed by atoms with Crippen LogP contribution in [0.3, 0.4) is 0 Å². The van der Waals surface area contributed by atoms with Crippen molar-refractivity contribution < 1.29 is 0 Å². The van der Waals surface area contributed by atoms with Gasteiger partial charge in [-0.05, 0) is 89.5 Å². The highest BCUT2D eigenvalue weighted by atomic mass is 79.9. The van der Waals surface area contributed by atoms with Crippen LogP contribution in [0.5, 0.6) is 0 Å². The van der Waals surface area contributed by atoms with Crippen LogP contribution in [-0.2, 0) is 0 Å². The van der Waals surface area contributed by atoms with Crippen LogP contribution in [0, 0.1) is 0 Å². The molecule has 3 aromatic carbocycles. The Morgan fingerprint density at radius 3 is 2.45 bits per heavy atom. The SMILES string of the molecule is Clc1ccc2c(Nc3ccc(NC(c4ccc(Br)cc4)c4nnnn4C4CCCCC4)cc3)ccnc2c1. The third-order valence-corrected chi connectivity index (χ3v) is 7.84. The molecular weight excluding hydrogens is 562 g/mol. The van der Waals surface area contributed by atoms with Crippen molar-refractivity contribution >= 4 is 55.5 Å². The van der Waals surface area contributed by atoms with Gasteiger partial charge in [0, 0.05) is 38.1 Å². The van der Waals surface area contributed by atoms with Crippen molar-refractivity contribution in [3.8, 4) is 0 Å². The number of benzene rings is 3. The monoisotopic (exact) mass is 587 g/mol. The Kier molecular flexibility index (Phi) is 7.25. The first-order valence-electron chi connectivity index (χ1n) is 12.9. The molecule has 0 saturated heterocycles. The van der Waals surface area contributed by atoms with Crippen molar-refractivity contribution in [3.63, 3.8) is 0 Å². The number of aromatic nitrogens is 5. The maximum Gasteiger partial charge on any atom is 0.178 e. The number of anilines is 3. The number of tetrazole rings is 1.